The van der Waals surface area contributed by atoms with E-state index in [0.717, 1.165) is 18.5 Å². The summed E-state index contributed by atoms with van der Waals surface area (Å²) in [6.07, 6.45) is 3.15. The molecule has 18 heavy (non-hydrogen) atoms. The van der Waals surface area contributed by atoms with Crippen molar-refractivity contribution < 1.29 is 8.42 Å². The van der Waals surface area contributed by atoms with Gasteiger partial charge in [0.25, 0.3) is 0 Å². The van der Waals surface area contributed by atoms with Gasteiger partial charge in [-0.25, -0.2) is 17.4 Å². The number of rotatable bonds is 3. The molecule has 0 amide bonds. The fourth-order valence-corrected chi connectivity index (χ4v) is 3.21. The van der Waals surface area contributed by atoms with E-state index in [2.05, 4.69) is 10.3 Å². The third kappa shape index (κ3) is 2.81. The van der Waals surface area contributed by atoms with Crippen LogP contribution in [-0.4, -0.2) is 47.1 Å². The van der Waals surface area contributed by atoms with E-state index >= 15 is 0 Å². The van der Waals surface area contributed by atoms with Crippen molar-refractivity contribution in [3.63, 3.8) is 0 Å². The molecule has 7 nitrogen and oxygen atoms in total. The number of nitrogen functional groups attached to an aromatic ring is 1. The zero-order chi connectivity index (χ0) is 13.3. The molecule has 2 rings (SSSR count). The van der Waals surface area contributed by atoms with Crippen LogP contribution in [0, 0.1) is 12.8 Å². The number of anilines is 1. The monoisotopic (exact) mass is 273 g/mol. The summed E-state index contributed by atoms with van der Waals surface area (Å²) in [5.41, 5.74) is 6.48. The Morgan fingerprint density at radius 1 is 1.50 bits per heavy atom. The van der Waals surface area contributed by atoms with Gasteiger partial charge in [-0.05, 0) is 25.7 Å². The molecule has 0 spiro atoms. The lowest BCUT2D eigenvalue weighted by Crippen LogP contribution is -2.40. The predicted octanol–water partition coefficient (Wildman–Crippen LogP) is -0.160. The molecule has 0 radical (unpaired) electrons. The molecule has 2 N–H and O–H groups in total. The van der Waals surface area contributed by atoms with E-state index < -0.39 is 10.0 Å². The van der Waals surface area contributed by atoms with Gasteiger partial charge in [0.05, 0.1) is 11.9 Å². The van der Waals surface area contributed by atoms with E-state index in [1.165, 1.54) is 10.6 Å². The van der Waals surface area contributed by atoms with Gasteiger partial charge in [-0.15, -0.1) is 5.10 Å². The largest absolute Gasteiger partial charge is 0.381 e. The van der Waals surface area contributed by atoms with Gasteiger partial charge >= 0.3 is 0 Å². The van der Waals surface area contributed by atoms with Crippen LogP contribution in [0.4, 0.5) is 5.82 Å². The first-order valence-corrected chi connectivity index (χ1v) is 7.83. The van der Waals surface area contributed by atoms with Crippen LogP contribution in [0.3, 0.4) is 0 Å². The Hall–Kier alpha value is -1.15. The van der Waals surface area contributed by atoms with Gasteiger partial charge < -0.3 is 5.73 Å². The fourth-order valence-electron chi connectivity index (χ4n) is 2.27. The number of nitrogens with two attached hydrogens (primary N) is 1. The fraction of sp³-hybridized carbons (Fsp3) is 0.800. The maximum absolute atomic E-state index is 11.5. The minimum absolute atomic E-state index is 0.272. The molecule has 1 aromatic heterocycles. The summed E-state index contributed by atoms with van der Waals surface area (Å²) in [4.78, 5) is 0. The molecule has 0 saturated carbocycles. The topological polar surface area (TPSA) is 94.1 Å². The smallest absolute Gasteiger partial charge is 0.211 e. The summed E-state index contributed by atoms with van der Waals surface area (Å²) in [5, 5.41) is 7.78. The zero-order valence-electron chi connectivity index (χ0n) is 10.7. The number of hydrogen-bond donors (Lipinski definition) is 1. The van der Waals surface area contributed by atoms with Crippen molar-refractivity contribution in [2.24, 2.45) is 5.92 Å². The van der Waals surface area contributed by atoms with E-state index in [1.807, 2.05) is 6.92 Å². The van der Waals surface area contributed by atoms with Crippen LogP contribution in [0.2, 0.25) is 0 Å². The predicted molar refractivity (Wildman–Crippen MR) is 68.3 cm³/mol. The molecule has 102 valence electrons. The summed E-state index contributed by atoms with van der Waals surface area (Å²) < 4.78 is 26.3. The number of aromatic nitrogens is 3. The number of hydrogen-bond acceptors (Lipinski definition) is 5. The van der Waals surface area contributed by atoms with Crippen molar-refractivity contribution >= 4 is 15.8 Å². The SMILES string of the molecule is Cc1c(N)nnn1CC1CCCN(S(C)(=O)=O)C1. The Morgan fingerprint density at radius 2 is 2.22 bits per heavy atom. The average molecular weight is 273 g/mol. The molecule has 1 aromatic rings. The molecule has 0 aliphatic carbocycles. The summed E-state index contributed by atoms with van der Waals surface area (Å²) in [6.45, 7) is 3.71. The molecule has 0 bridgehead atoms. The van der Waals surface area contributed by atoms with E-state index in [4.69, 9.17) is 5.73 Å². The molecule has 8 heteroatoms. The highest BCUT2D eigenvalue weighted by Crippen LogP contribution is 2.21. The highest BCUT2D eigenvalue weighted by molar-refractivity contribution is 7.88. The van der Waals surface area contributed by atoms with E-state index in [0.29, 0.717) is 25.5 Å². The number of piperidine rings is 1. The standard InChI is InChI=1S/C10H19N5O2S/c1-8-10(11)12-13-15(8)7-9-4-3-5-14(6-9)18(2,16)17/h9H,3-7,11H2,1-2H3. The molecule has 0 aromatic carbocycles. The summed E-state index contributed by atoms with van der Waals surface area (Å²) in [7, 11) is -3.09. The first-order valence-electron chi connectivity index (χ1n) is 5.98. The lowest BCUT2D eigenvalue weighted by molar-refractivity contribution is 0.238. The van der Waals surface area contributed by atoms with Crippen molar-refractivity contribution in [2.45, 2.75) is 26.3 Å². The maximum Gasteiger partial charge on any atom is 0.211 e. The molecule has 1 aliphatic rings. The molecule has 1 aliphatic heterocycles. The van der Waals surface area contributed by atoms with Crippen LogP contribution in [0.5, 0.6) is 0 Å². The van der Waals surface area contributed by atoms with Crippen LogP contribution < -0.4 is 5.73 Å². The lowest BCUT2D eigenvalue weighted by atomic mass is 10.00. The second-order valence-corrected chi connectivity index (χ2v) is 6.85. The minimum Gasteiger partial charge on any atom is -0.381 e. The molecule has 1 atom stereocenters. The van der Waals surface area contributed by atoms with E-state index in [-0.39, 0.29) is 5.92 Å². The van der Waals surface area contributed by atoms with Crippen molar-refractivity contribution in [3.8, 4) is 0 Å². The highest BCUT2D eigenvalue weighted by atomic mass is 32.2. The Balaban J connectivity index is 2.04. The summed E-state index contributed by atoms with van der Waals surface area (Å²) in [6, 6.07) is 0. The Labute approximate surface area is 107 Å². The Morgan fingerprint density at radius 3 is 2.78 bits per heavy atom. The van der Waals surface area contributed by atoms with Gasteiger partial charge in [0, 0.05) is 19.6 Å². The number of sulfonamides is 1. The first-order chi connectivity index (χ1) is 8.38. The molecular formula is C10H19N5O2S. The van der Waals surface area contributed by atoms with E-state index in [9.17, 15) is 8.42 Å². The first kappa shape index (κ1) is 13.3. The van der Waals surface area contributed by atoms with Crippen LogP contribution in [0.1, 0.15) is 18.5 Å². The summed E-state index contributed by atoms with van der Waals surface area (Å²) in [5.74, 6) is 0.707. The van der Waals surface area contributed by atoms with Gasteiger partial charge in [-0.1, -0.05) is 5.21 Å². The minimum atomic E-state index is -3.09. The van der Waals surface area contributed by atoms with Crippen LogP contribution >= 0.6 is 0 Å². The summed E-state index contributed by atoms with van der Waals surface area (Å²) >= 11 is 0. The Kier molecular flexibility index (Phi) is 3.58. The Bertz CT molecular complexity index is 524. The third-order valence-corrected chi connectivity index (χ3v) is 4.67. The molecule has 1 fully saturated rings. The van der Waals surface area contributed by atoms with Gasteiger partial charge in [0.1, 0.15) is 0 Å². The quantitative estimate of drug-likeness (QED) is 0.826. The second kappa shape index (κ2) is 4.85. The lowest BCUT2D eigenvalue weighted by Gasteiger charge is -2.30. The molecule has 1 saturated heterocycles. The molecular weight excluding hydrogens is 254 g/mol. The normalized spacial score (nSPS) is 22.2. The van der Waals surface area contributed by atoms with Crippen LogP contribution in [-0.2, 0) is 16.6 Å². The maximum atomic E-state index is 11.5. The number of nitrogens with zero attached hydrogens (tertiary/aromatic N) is 4. The van der Waals surface area contributed by atoms with Gasteiger partial charge in [-0.3, -0.25) is 0 Å². The van der Waals surface area contributed by atoms with Crippen molar-refractivity contribution in [1.29, 1.82) is 0 Å². The van der Waals surface area contributed by atoms with Crippen molar-refractivity contribution in [1.82, 2.24) is 19.3 Å². The average Bonchev–Trinajstić information content (AvgIpc) is 2.60. The van der Waals surface area contributed by atoms with Crippen molar-refractivity contribution in [3.05, 3.63) is 5.69 Å². The van der Waals surface area contributed by atoms with Crippen molar-refractivity contribution in [2.75, 3.05) is 25.1 Å². The second-order valence-electron chi connectivity index (χ2n) is 4.87. The molecule has 1 unspecified atom stereocenters. The van der Waals surface area contributed by atoms with E-state index in [1.54, 1.807) is 4.68 Å². The third-order valence-electron chi connectivity index (χ3n) is 3.40. The highest BCUT2D eigenvalue weighted by Gasteiger charge is 2.26. The van der Waals surface area contributed by atoms with Gasteiger partial charge in [-0.2, -0.15) is 0 Å². The van der Waals surface area contributed by atoms with Crippen LogP contribution in [0.25, 0.3) is 0 Å². The van der Waals surface area contributed by atoms with Gasteiger partial charge in [0.15, 0.2) is 5.82 Å². The van der Waals surface area contributed by atoms with Crippen LogP contribution in [0.15, 0.2) is 0 Å². The van der Waals surface area contributed by atoms with Gasteiger partial charge in [0.2, 0.25) is 10.0 Å². The molecule has 2 heterocycles. The zero-order valence-corrected chi connectivity index (χ0v) is 11.5.